The summed E-state index contributed by atoms with van der Waals surface area (Å²) >= 11 is 0. The van der Waals surface area contributed by atoms with Gasteiger partial charge in [-0.1, -0.05) is 0 Å². The molecule has 1 aromatic heterocycles. The maximum absolute atomic E-state index is 4.08. The van der Waals surface area contributed by atoms with E-state index < -0.39 is 0 Å². The van der Waals surface area contributed by atoms with Gasteiger partial charge >= 0.3 is 0 Å². The van der Waals surface area contributed by atoms with Crippen LogP contribution in [-0.2, 0) is 6.54 Å². The van der Waals surface area contributed by atoms with Crippen molar-refractivity contribution in [1.29, 1.82) is 0 Å². The molecule has 0 fully saturated rings. The minimum Gasteiger partial charge on any atom is -0.368 e. The van der Waals surface area contributed by atoms with Crippen molar-refractivity contribution >= 4 is 5.82 Å². The van der Waals surface area contributed by atoms with Crippen LogP contribution in [0.4, 0.5) is 5.82 Å². The van der Waals surface area contributed by atoms with Gasteiger partial charge in [-0.05, 0) is 19.8 Å². The molecule has 3 nitrogen and oxygen atoms in total. The summed E-state index contributed by atoms with van der Waals surface area (Å²) in [7, 11) is 0. The highest BCUT2D eigenvalue weighted by Gasteiger charge is 2.10. The molecule has 2 heterocycles. The Balaban J connectivity index is 2.26. The lowest BCUT2D eigenvalue weighted by molar-refractivity contribution is 0.613. The van der Waals surface area contributed by atoms with Gasteiger partial charge in [-0.3, -0.25) is 0 Å². The first-order valence-electron chi connectivity index (χ1n) is 4.13. The van der Waals surface area contributed by atoms with Crippen molar-refractivity contribution in [2.45, 2.75) is 32.4 Å². The predicted octanol–water partition coefficient (Wildman–Crippen LogP) is 1.48. The summed E-state index contributed by atoms with van der Waals surface area (Å²) in [6.07, 6.45) is 6.28. The Morgan fingerprint density at radius 1 is 1.73 bits per heavy atom. The van der Waals surface area contributed by atoms with Gasteiger partial charge < -0.3 is 9.88 Å². The second-order valence-corrected chi connectivity index (χ2v) is 3.16. The van der Waals surface area contributed by atoms with Crippen molar-refractivity contribution in [3.05, 3.63) is 12.5 Å². The van der Waals surface area contributed by atoms with E-state index in [9.17, 15) is 0 Å². The van der Waals surface area contributed by atoms with Crippen LogP contribution in [0.3, 0.4) is 0 Å². The summed E-state index contributed by atoms with van der Waals surface area (Å²) in [5.41, 5.74) is 0. The SMILES string of the molecule is CC1CCCn2cncc2N1. The number of hydrogen-bond donors (Lipinski definition) is 1. The molecule has 0 spiro atoms. The zero-order valence-corrected chi connectivity index (χ0v) is 6.75. The van der Waals surface area contributed by atoms with E-state index in [0.717, 1.165) is 12.4 Å². The van der Waals surface area contributed by atoms with Gasteiger partial charge in [-0.2, -0.15) is 0 Å². The average molecular weight is 151 g/mol. The molecule has 11 heavy (non-hydrogen) atoms. The minimum atomic E-state index is 0.591. The molecule has 2 rings (SSSR count). The number of anilines is 1. The van der Waals surface area contributed by atoms with Gasteiger partial charge in [-0.15, -0.1) is 0 Å². The smallest absolute Gasteiger partial charge is 0.126 e. The van der Waals surface area contributed by atoms with Crippen LogP contribution in [0.2, 0.25) is 0 Å². The third kappa shape index (κ3) is 1.23. The summed E-state index contributed by atoms with van der Waals surface area (Å²) in [4.78, 5) is 4.08. The molecule has 3 heteroatoms. The number of nitrogens with zero attached hydrogens (tertiary/aromatic N) is 2. The normalized spacial score (nSPS) is 23.5. The van der Waals surface area contributed by atoms with Crippen molar-refractivity contribution < 1.29 is 0 Å². The number of rotatable bonds is 0. The van der Waals surface area contributed by atoms with Crippen LogP contribution < -0.4 is 5.32 Å². The third-order valence-electron chi connectivity index (χ3n) is 2.14. The molecule has 0 amide bonds. The molecule has 1 aliphatic heterocycles. The molecule has 1 aliphatic rings. The van der Waals surface area contributed by atoms with Gasteiger partial charge in [-0.25, -0.2) is 4.98 Å². The van der Waals surface area contributed by atoms with Gasteiger partial charge in [0.1, 0.15) is 5.82 Å². The topological polar surface area (TPSA) is 29.9 Å². The van der Waals surface area contributed by atoms with Crippen molar-refractivity contribution in [2.24, 2.45) is 0 Å². The number of imidazole rings is 1. The Morgan fingerprint density at radius 3 is 3.55 bits per heavy atom. The Kier molecular flexibility index (Phi) is 1.56. The van der Waals surface area contributed by atoms with Gasteiger partial charge in [0.15, 0.2) is 0 Å². The molecule has 0 aromatic carbocycles. The zero-order valence-electron chi connectivity index (χ0n) is 6.75. The third-order valence-corrected chi connectivity index (χ3v) is 2.14. The maximum Gasteiger partial charge on any atom is 0.126 e. The molecule has 0 bridgehead atoms. The minimum absolute atomic E-state index is 0.591. The van der Waals surface area contributed by atoms with Gasteiger partial charge in [0.2, 0.25) is 0 Å². The summed E-state index contributed by atoms with van der Waals surface area (Å²) < 4.78 is 2.17. The van der Waals surface area contributed by atoms with E-state index in [-0.39, 0.29) is 0 Å². The zero-order chi connectivity index (χ0) is 7.68. The second-order valence-electron chi connectivity index (χ2n) is 3.16. The first-order valence-corrected chi connectivity index (χ1v) is 4.13. The fraction of sp³-hybridized carbons (Fsp3) is 0.625. The summed E-state index contributed by atoms with van der Waals surface area (Å²) in [5, 5.41) is 3.40. The van der Waals surface area contributed by atoms with Crippen molar-refractivity contribution in [2.75, 3.05) is 5.32 Å². The van der Waals surface area contributed by atoms with Crippen molar-refractivity contribution in [1.82, 2.24) is 9.55 Å². The highest BCUT2D eigenvalue weighted by molar-refractivity contribution is 5.34. The van der Waals surface area contributed by atoms with Gasteiger partial charge in [0.25, 0.3) is 0 Å². The van der Waals surface area contributed by atoms with Crippen LogP contribution in [0.25, 0.3) is 0 Å². The number of aromatic nitrogens is 2. The van der Waals surface area contributed by atoms with E-state index >= 15 is 0 Å². The van der Waals surface area contributed by atoms with Crippen molar-refractivity contribution in [3.8, 4) is 0 Å². The molecule has 0 saturated heterocycles. The number of nitrogens with one attached hydrogen (secondary N) is 1. The molecule has 1 unspecified atom stereocenters. The summed E-state index contributed by atoms with van der Waals surface area (Å²) in [6, 6.07) is 0.591. The predicted molar refractivity (Wildman–Crippen MR) is 44.5 cm³/mol. The summed E-state index contributed by atoms with van der Waals surface area (Å²) in [5.74, 6) is 1.16. The molecule has 0 saturated carbocycles. The van der Waals surface area contributed by atoms with E-state index in [4.69, 9.17) is 0 Å². The van der Waals surface area contributed by atoms with Crippen LogP contribution in [0, 0.1) is 0 Å². The molecule has 60 valence electrons. The van der Waals surface area contributed by atoms with Crippen LogP contribution in [0.1, 0.15) is 19.8 Å². The number of fused-ring (bicyclic) bond motifs is 1. The van der Waals surface area contributed by atoms with Gasteiger partial charge in [0, 0.05) is 12.6 Å². The van der Waals surface area contributed by atoms with Crippen LogP contribution in [0.5, 0.6) is 0 Å². The molecule has 1 aromatic rings. The number of aryl methyl sites for hydroxylation is 1. The molecule has 0 aliphatic carbocycles. The lowest BCUT2D eigenvalue weighted by Crippen LogP contribution is -2.13. The highest BCUT2D eigenvalue weighted by atomic mass is 15.2. The monoisotopic (exact) mass is 151 g/mol. The Bertz CT molecular complexity index is 241. The highest BCUT2D eigenvalue weighted by Crippen LogP contribution is 2.15. The quantitative estimate of drug-likeness (QED) is 0.608. The molecular formula is C8H13N3. The van der Waals surface area contributed by atoms with Crippen molar-refractivity contribution in [3.63, 3.8) is 0 Å². The Hall–Kier alpha value is -0.990. The van der Waals surface area contributed by atoms with E-state index in [1.165, 1.54) is 12.8 Å². The fourth-order valence-corrected chi connectivity index (χ4v) is 1.51. The van der Waals surface area contributed by atoms with E-state index in [1.807, 2.05) is 12.5 Å². The lowest BCUT2D eigenvalue weighted by atomic mass is 10.2. The number of hydrogen-bond acceptors (Lipinski definition) is 2. The molecule has 1 N–H and O–H groups in total. The van der Waals surface area contributed by atoms with Crippen LogP contribution in [-0.4, -0.2) is 15.6 Å². The lowest BCUT2D eigenvalue weighted by Gasteiger charge is -2.09. The molecular weight excluding hydrogens is 138 g/mol. The van der Waals surface area contributed by atoms with E-state index in [2.05, 4.69) is 21.8 Å². The molecule has 0 radical (unpaired) electrons. The molecule has 1 atom stereocenters. The van der Waals surface area contributed by atoms with E-state index in [1.54, 1.807) is 0 Å². The largest absolute Gasteiger partial charge is 0.368 e. The second kappa shape index (κ2) is 2.57. The Labute approximate surface area is 66.4 Å². The fourth-order valence-electron chi connectivity index (χ4n) is 1.51. The average Bonchev–Trinajstić information content (AvgIpc) is 2.31. The first kappa shape index (κ1) is 6.70. The van der Waals surface area contributed by atoms with Crippen LogP contribution in [0.15, 0.2) is 12.5 Å². The maximum atomic E-state index is 4.08. The van der Waals surface area contributed by atoms with Gasteiger partial charge in [0.05, 0.1) is 12.5 Å². The Morgan fingerprint density at radius 2 is 2.64 bits per heavy atom. The summed E-state index contributed by atoms with van der Waals surface area (Å²) in [6.45, 7) is 3.31. The van der Waals surface area contributed by atoms with E-state index in [0.29, 0.717) is 6.04 Å². The van der Waals surface area contributed by atoms with Crippen LogP contribution >= 0.6 is 0 Å². The standard InChI is InChI=1S/C8H13N3/c1-7-3-2-4-11-6-9-5-8(11)10-7/h5-7,10H,2-4H2,1H3. The first-order chi connectivity index (χ1) is 5.36.